The van der Waals surface area contributed by atoms with E-state index >= 15 is 0 Å². The number of sulfonamides is 1. The van der Waals surface area contributed by atoms with Gasteiger partial charge in [0, 0.05) is 17.5 Å². The molecule has 2 atom stereocenters. The molecule has 0 spiro atoms. The molecule has 3 N–H and O–H groups in total. The van der Waals surface area contributed by atoms with Crippen molar-refractivity contribution in [2.75, 3.05) is 6.54 Å². The van der Waals surface area contributed by atoms with Gasteiger partial charge in [-0.15, -0.1) is 11.3 Å². The third-order valence-electron chi connectivity index (χ3n) is 2.31. The molecule has 0 saturated carbocycles. The predicted octanol–water partition coefficient (Wildman–Crippen LogP) is 0.946. The van der Waals surface area contributed by atoms with Crippen molar-refractivity contribution < 1.29 is 8.42 Å². The fourth-order valence-corrected chi connectivity index (χ4v) is 3.26. The minimum Gasteiger partial charge on any atom is -0.329 e. The van der Waals surface area contributed by atoms with Crippen LogP contribution in [0.4, 0.5) is 0 Å². The van der Waals surface area contributed by atoms with Gasteiger partial charge < -0.3 is 5.73 Å². The maximum Gasteiger partial charge on any atom is 0.215 e. The van der Waals surface area contributed by atoms with Crippen molar-refractivity contribution in [2.45, 2.75) is 31.6 Å². The first kappa shape index (κ1) is 13.6. The Morgan fingerprint density at radius 1 is 1.50 bits per heavy atom. The zero-order valence-corrected chi connectivity index (χ0v) is 11.1. The van der Waals surface area contributed by atoms with Crippen LogP contribution in [0.3, 0.4) is 0 Å². The Morgan fingerprint density at radius 2 is 2.19 bits per heavy atom. The summed E-state index contributed by atoms with van der Waals surface area (Å²) in [5.41, 5.74) is 5.35. The van der Waals surface area contributed by atoms with Crippen LogP contribution >= 0.6 is 11.3 Å². The van der Waals surface area contributed by atoms with E-state index in [1.54, 1.807) is 18.3 Å². The lowest BCUT2D eigenvalue weighted by Gasteiger charge is -2.16. The molecule has 0 aliphatic carbocycles. The molecule has 6 heteroatoms. The van der Waals surface area contributed by atoms with Crippen molar-refractivity contribution in [3.05, 3.63) is 22.4 Å². The molecule has 4 nitrogen and oxygen atoms in total. The Balaban J connectivity index is 2.54. The summed E-state index contributed by atoms with van der Waals surface area (Å²) in [6.45, 7) is 3.61. The van der Waals surface area contributed by atoms with Gasteiger partial charge in [0.2, 0.25) is 10.0 Å². The summed E-state index contributed by atoms with van der Waals surface area (Å²) in [6.07, 6.45) is 0.716. The van der Waals surface area contributed by atoms with Crippen molar-refractivity contribution in [2.24, 2.45) is 5.73 Å². The largest absolute Gasteiger partial charge is 0.329 e. The highest BCUT2D eigenvalue weighted by molar-refractivity contribution is 7.90. The van der Waals surface area contributed by atoms with Gasteiger partial charge >= 0.3 is 0 Å². The molecule has 0 fully saturated rings. The predicted molar refractivity (Wildman–Crippen MR) is 68.1 cm³/mol. The second-order valence-corrected chi connectivity index (χ2v) is 7.06. The highest BCUT2D eigenvalue weighted by Gasteiger charge is 2.21. The van der Waals surface area contributed by atoms with E-state index in [9.17, 15) is 8.42 Å². The third kappa shape index (κ3) is 3.86. The molecule has 0 aliphatic heterocycles. The molecule has 1 rings (SSSR count). The fourth-order valence-electron chi connectivity index (χ4n) is 1.30. The van der Waals surface area contributed by atoms with Crippen LogP contribution in [0.1, 0.15) is 18.7 Å². The van der Waals surface area contributed by atoms with Crippen LogP contribution in [0.2, 0.25) is 0 Å². The lowest BCUT2D eigenvalue weighted by molar-refractivity contribution is 0.549. The summed E-state index contributed by atoms with van der Waals surface area (Å²) in [4.78, 5) is 1.18. The first-order valence-corrected chi connectivity index (χ1v) is 7.62. The van der Waals surface area contributed by atoms with E-state index in [0.29, 0.717) is 6.42 Å². The second-order valence-electron chi connectivity index (χ2n) is 3.89. The maximum atomic E-state index is 11.7. The number of rotatable bonds is 6. The van der Waals surface area contributed by atoms with Crippen molar-refractivity contribution >= 4 is 21.4 Å². The number of thiophene rings is 1. The lowest BCUT2D eigenvalue weighted by Crippen LogP contribution is -2.42. The Morgan fingerprint density at radius 3 is 2.69 bits per heavy atom. The molecule has 0 aromatic carbocycles. The molecule has 1 aromatic rings. The summed E-state index contributed by atoms with van der Waals surface area (Å²) in [6, 6.07) is 3.86. The molecular formula is C10H18N2O2S2. The molecule has 92 valence electrons. The van der Waals surface area contributed by atoms with Gasteiger partial charge in [0.05, 0.1) is 5.25 Å². The Labute approximate surface area is 101 Å². The van der Waals surface area contributed by atoms with Crippen molar-refractivity contribution in [1.82, 2.24) is 4.72 Å². The monoisotopic (exact) mass is 262 g/mol. The van der Waals surface area contributed by atoms with Crippen molar-refractivity contribution in [3.63, 3.8) is 0 Å². The van der Waals surface area contributed by atoms with Gasteiger partial charge in [0.15, 0.2) is 0 Å². The quantitative estimate of drug-likeness (QED) is 0.801. The van der Waals surface area contributed by atoms with Gasteiger partial charge in [-0.25, -0.2) is 13.1 Å². The minimum atomic E-state index is -3.28. The Kier molecular flexibility index (Phi) is 4.91. The molecule has 0 radical (unpaired) electrons. The average Bonchev–Trinajstić information content (AvgIpc) is 2.67. The van der Waals surface area contributed by atoms with Crippen LogP contribution in [0.25, 0.3) is 0 Å². The standard InChI is InChI=1S/C10H18N2O2S2/c1-8(6-10-4-3-5-15-10)12-16(13,14)9(2)7-11/h3-5,8-9,12H,6-7,11H2,1-2H3. The van der Waals surface area contributed by atoms with Gasteiger partial charge in [-0.3, -0.25) is 0 Å². The van der Waals surface area contributed by atoms with E-state index in [2.05, 4.69) is 4.72 Å². The molecule has 1 heterocycles. The summed E-state index contributed by atoms with van der Waals surface area (Å²) < 4.78 is 26.1. The molecule has 1 aromatic heterocycles. The van der Waals surface area contributed by atoms with Crippen LogP contribution in [0.15, 0.2) is 17.5 Å². The molecule has 2 unspecified atom stereocenters. The van der Waals surface area contributed by atoms with Crippen molar-refractivity contribution in [1.29, 1.82) is 0 Å². The molecule has 0 bridgehead atoms. The second kappa shape index (κ2) is 5.77. The summed E-state index contributed by atoms with van der Waals surface area (Å²) in [7, 11) is -3.28. The zero-order chi connectivity index (χ0) is 12.2. The number of hydrogen-bond donors (Lipinski definition) is 2. The lowest BCUT2D eigenvalue weighted by atomic mass is 10.2. The van der Waals surface area contributed by atoms with Crippen molar-refractivity contribution in [3.8, 4) is 0 Å². The Bertz CT molecular complexity index is 400. The van der Waals surface area contributed by atoms with Gasteiger partial charge in [-0.2, -0.15) is 0 Å². The van der Waals surface area contributed by atoms with Crippen LogP contribution in [-0.4, -0.2) is 26.3 Å². The van der Waals surface area contributed by atoms with E-state index in [0.717, 1.165) is 0 Å². The molecule has 0 amide bonds. The highest BCUT2D eigenvalue weighted by atomic mass is 32.2. The van der Waals surface area contributed by atoms with Crippen LogP contribution in [-0.2, 0) is 16.4 Å². The van der Waals surface area contributed by atoms with E-state index in [1.807, 2.05) is 24.4 Å². The summed E-state index contributed by atoms with van der Waals surface area (Å²) >= 11 is 1.63. The first-order valence-electron chi connectivity index (χ1n) is 5.19. The minimum absolute atomic E-state index is 0.0994. The molecule has 0 aliphatic rings. The van der Waals surface area contributed by atoms with Gasteiger partial charge in [0.25, 0.3) is 0 Å². The molecule has 0 saturated heterocycles. The van der Waals surface area contributed by atoms with E-state index in [-0.39, 0.29) is 12.6 Å². The number of hydrogen-bond acceptors (Lipinski definition) is 4. The average molecular weight is 262 g/mol. The molecular weight excluding hydrogens is 244 g/mol. The summed E-state index contributed by atoms with van der Waals surface area (Å²) in [5.74, 6) is 0. The van der Waals surface area contributed by atoms with Crippen LogP contribution < -0.4 is 10.5 Å². The van der Waals surface area contributed by atoms with Crippen LogP contribution in [0, 0.1) is 0 Å². The fraction of sp³-hybridized carbons (Fsp3) is 0.600. The summed E-state index contributed by atoms with van der Waals surface area (Å²) in [5, 5.41) is 1.44. The number of nitrogens with two attached hydrogens (primary N) is 1. The van der Waals surface area contributed by atoms with E-state index in [1.165, 1.54) is 4.88 Å². The van der Waals surface area contributed by atoms with Gasteiger partial charge in [-0.1, -0.05) is 6.07 Å². The smallest absolute Gasteiger partial charge is 0.215 e. The first-order chi connectivity index (χ1) is 7.45. The highest BCUT2D eigenvalue weighted by Crippen LogP contribution is 2.11. The normalized spacial score (nSPS) is 15.9. The Hall–Kier alpha value is -0.430. The van der Waals surface area contributed by atoms with Crippen LogP contribution in [0.5, 0.6) is 0 Å². The van der Waals surface area contributed by atoms with Gasteiger partial charge in [-0.05, 0) is 31.7 Å². The zero-order valence-electron chi connectivity index (χ0n) is 9.51. The SMILES string of the molecule is CC(Cc1cccs1)NS(=O)(=O)C(C)CN. The maximum absolute atomic E-state index is 11.7. The topological polar surface area (TPSA) is 72.2 Å². The molecule has 16 heavy (non-hydrogen) atoms. The van der Waals surface area contributed by atoms with E-state index < -0.39 is 15.3 Å². The van der Waals surface area contributed by atoms with E-state index in [4.69, 9.17) is 5.73 Å². The number of nitrogens with one attached hydrogen (secondary N) is 1. The van der Waals surface area contributed by atoms with Gasteiger partial charge in [0.1, 0.15) is 0 Å². The third-order valence-corrected chi connectivity index (χ3v) is 5.20.